The molecule has 1 aromatic carbocycles. The van der Waals surface area contributed by atoms with Crippen LogP contribution in [0.4, 0.5) is 5.69 Å². The molecule has 0 aliphatic heterocycles. The Hall–Kier alpha value is -1.22. The van der Waals surface area contributed by atoms with Crippen molar-refractivity contribution < 1.29 is 4.79 Å². The molecule has 3 nitrogen and oxygen atoms in total. The van der Waals surface area contributed by atoms with Crippen LogP contribution in [-0.2, 0) is 0 Å². The minimum absolute atomic E-state index is 0.112. The zero-order valence-corrected chi connectivity index (χ0v) is 11.1. The maximum Gasteiger partial charge on any atom is 0.251 e. The van der Waals surface area contributed by atoms with Crippen molar-refractivity contribution >= 4 is 23.2 Å². The molecule has 0 saturated heterocycles. The number of rotatable bonds is 5. The van der Waals surface area contributed by atoms with E-state index in [1.807, 2.05) is 0 Å². The van der Waals surface area contributed by atoms with Crippen LogP contribution in [0.1, 0.15) is 43.5 Å². The van der Waals surface area contributed by atoms with E-state index in [-0.39, 0.29) is 11.9 Å². The van der Waals surface area contributed by atoms with Gasteiger partial charge in [-0.05, 0) is 31.0 Å². The zero-order valence-electron chi connectivity index (χ0n) is 10.3. The summed E-state index contributed by atoms with van der Waals surface area (Å²) in [5.41, 5.74) is 6.68. The van der Waals surface area contributed by atoms with E-state index in [2.05, 4.69) is 19.2 Å². The molecule has 1 amide bonds. The maximum absolute atomic E-state index is 12.0. The lowest BCUT2D eigenvalue weighted by Gasteiger charge is -2.16. The van der Waals surface area contributed by atoms with Gasteiger partial charge in [-0.1, -0.05) is 31.9 Å². The molecule has 1 unspecified atom stereocenters. The van der Waals surface area contributed by atoms with E-state index in [4.69, 9.17) is 17.3 Å². The largest absolute Gasteiger partial charge is 0.399 e. The van der Waals surface area contributed by atoms with Crippen molar-refractivity contribution in [2.45, 2.75) is 39.2 Å². The van der Waals surface area contributed by atoms with Crippen LogP contribution in [0.2, 0.25) is 5.02 Å². The van der Waals surface area contributed by atoms with Crippen molar-refractivity contribution in [2.24, 2.45) is 0 Å². The fourth-order valence-electron chi connectivity index (χ4n) is 1.74. The average Bonchev–Trinajstić information content (AvgIpc) is 2.27. The van der Waals surface area contributed by atoms with Gasteiger partial charge in [0.05, 0.1) is 0 Å². The molecular weight excluding hydrogens is 236 g/mol. The molecule has 0 spiro atoms. The van der Waals surface area contributed by atoms with Gasteiger partial charge in [0, 0.05) is 22.3 Å². The van der Waals surface area contributed by atoms with Crippen molar-refractivity contribution in [1.82, 2.24) is 5.32 Å². The van der Waals surface area contributed by atoms with Gasteiger partial charge in [0.15, 0.2) is 0 Å². The quantitative estimate of drug-likeness (QED) is 0.793. The van der Waals surface area contributed by atoms with E-state index in [9.17, 15) is 4.79 Å². The number of nitrogens with one attached hydrogen (secondary N) is 1. The number of benzene rings is 1. The van der Waals surface area contributed by atoms with Gasteiger partial charge >= 0.3 is 0 Å². The molecule has 4 heteroatoms. The number of nitrogens with two attached hydrogens (primary N) is 1. The third kappa shape index (κ3) is 4.27. The molecule has 0 heterocycles. The fraction of sp³-hybridized carbons (Fsp3) is 0.462. The van der Waals surface area contributed by atoms with E-state index in [0.717, 1.165) is 19.3 Å². The zero-order chi connectivity index (χ0) is 12.8. The molecule has 0 aliphatic rings. The van der Waals surface area contributed by atoms with Crippen molar-refractivity contribution in [2.75, 3.05) is 5.73 Å². The van der Waals surface area contributed by atoms with Crippen molar-refractivity contribution in [1.29, 1.82) is 0 Å². The monoisotopic (exact) mass is 254 g/mol. The first-order chi connectivity index (χ1) is 8.06. The summed E-state index contributed by atoms with van der Waals surface area (Å²) in [4.78, 5) is 12.0. The average molecular weight is 255 g/mol. The normalized spacial score (nSPS) is 12.2. The number of amides is 1. The first kappa shape index (κ1) is 13.8. The van der Waals surface area contributed by atoms with Crippen LogP contribution < -0.4 is 11.1 Å². The summed E-state index contributed by atoms with van der Waals surface area (Å²) >= 11 is 5.87. The van der Waals surface area contributed by atoms with Crippen molar-refractivity contribution in [3.05, 3.63) is 28.8 Å². The number of halogens is 1. The standard InChI is InChI=1S/C13H19ClN2O/c1-3-5-12(4-2)16-13(17)9-6-10(14)8-11(15)7-9/h6-8,12H,3-5,15H2,1-2H3,(H,16,17). The highest BCUT2D eigenvalue weighted by Gasteiger charge is 2.12. The predicted octanol–water partition coefficient (Wildman–Crippen LogP) is 3.23. The highest BCUT2D eigenvalue weighted by atomic mass is 35.5. The lowest BCUT2D eigenvalue weighted by atomic mass is 10.1. The summed E-state index contributed by atoms with van der Waals surface area (Å²) in [6.07, 6.45) is 2.96. The van der Waals surface area contributed by atoms with Crippen LogP contribution in [0, 0.1) is 0 Å². The number of anilines is 1. The van der Waals surface area contributed by atoms with Gasteiger partial charge in [-0.25, -0.2) is 0 Å². The Bertz CT molecular complexity index is 373. The van der Waals surface area contributed by atoms with Gasteiger partial charge in [0.1, 0.15) is 0 Å². The summed E-state index contributed by atoms with van der Waals surface area (Å²) in [5.74, 6) is -0.112. The van der Waals surface area contributed by atoms with E-state index in [1.165, 1.54) is 0 Å². The first-order valence-electron chi connectivity index (χ1n) is 5.93. The highest BCUT2D eigenvalue weighted by molar-refractivity contribution is 6.31. The second-order valence-corrected chi connectivity index (χ2v) is 4.58. The number of hydrogen-bond donors (Lipinski definition) is 2. The van der Waals surface area contributed by atoms with Crippen LogP contribution in [0.15, 0.2) is 18.2 Å². The summed E-state index contributed by atoms with van der Waals surface area (Å²) in [6.45, 7) is 4.17. The molecule has 0 aliphatic carbocycles. The number of hydrogen-bond acceptors (Lipinski definition) is 2. The molecule has 94 valence electrons. The van der Waals surface area contributed by atoms with Crippen molar-refractivity contribution in [3.8, 4) is 0 Å². The second kappa shape index (κ2) is 6.50. The minimum Gasteiger partial charge on any atom is -0.399 e. The van der Waals surface area contributed by atoms with Gasteiger partial charge in [-0.15, -0.1) is 0 Å². The molecule has 1 rings (SSSR count). The highest BCUT2D eigenvalue weighted by Crippen LogP contribution is 2.17. The fourth-order valence-corrected chi connectivity index (χ4v) is 1.98. The van der Waals surface area contributed by atoms with Crippen molar-refractivity contribution in [3.63, 3.8) is 0 Å². The minimum atomic E-state index is -0.112. The molecule has 0 aromatic heterocycles. The van der Waals surface area contributed by atoms with Crippen LogP contribution in [0.3, 0.4) is 0 Å². The molecule has 3 N–H and O–H groups in total. The smallest absolute Gasteiger partial charge is 0.251 e. The third-order valence-electron chi connectivity index (χ3n) is 2.65. The predicted molar refractivity (Wildman–Crippen MR) is 72.3 cm³/mol. The molecule has 0 fully saturated rings. The summed E-state index contributed by atoms with van der Waals surface area (Å²) < 4.78 is 0. The third-order valence-corrected chi connectivity index (χ3v) is 2.87. The molecule has 1 aromatic rings. The van der Waals surface area contributed by atoms with Gasteiger partial charge < -0.3 is 11.1 Å². The van der Waals surface area contributed by atoms with Crippen LogP contribution in [-0.4, -0.2) is 11.9 Å². The Morgan fingerprint density at radius 2 is 2.12 bits per heavy atom. The van der Waals surface area contributed by atoms with Crippen LogP contribution in [0.25, 0.3) is 0 Å². The summed E-state index contributed by atoms with van der Waals surface area (Å²) in [6, 6.07) is 5.11. The van der Waals surface area contributed by atoms with E-state index in [1.54, 1.807) is 18.2 Å². The van der Waals surface area contributed by atoms with Gasteiger partial charge in [0.2, 0.25) is 0 Å². The molecule has 17 heavy (non-hydrogen) atoms. The molecule has 0 radical (unpaired) electrons. The molecular formula is C13H19ClN2O. The van der Waals surface area contributed by atoms with Crippen LogP contribution in [0.5, 0.6) is 0 Å². The lowest BCUT2D eigenvalue weighted by Crippen LogP contribution is -2.34. The van der Waals surface area contributed by atoms with E-state index >= 15 is 0 Å². The SMILES string of the molecule is CCCC(CC)NC(=O)c1cc(N)cc(Cl)c1. The Morgan fingerprint density at radius 1 is 1.41 bits per heavy atom. The molecule has 0 saturated carbocycles. The number of nitrogen functional groups attached to an aromatic ring is 1. The lowest BCUT2D eigenvalue weighted by molar-refractivity contribution is 0.0934. The second-order valence-electron chi connectivity index (χ2n) is 4.14. The van der Waals surface area contributed by atoms with Crippen LogP contribution >= 0.6 is 11.6 Å². The van der Waals surface area contributed by atoms with Gasteiger partial charge in [0.25, 0.3) is 5.91 Å². The Morgan fingerprint density at radius 3 is 2.65 bits per heavy atom. The summed E-state index contributed by atoms with van der Waals surface area (Å²) in [5, 5.41) is 3.47. The Balaban J connectivity index is 2.75. The first-order valence-corrected chi connectivity index (χ1v) is 6.31. The Kier molecular flexibility index (Phi) is 5.29. The van der Waals surface area contributed by atoms with Gasteiger partial charge in [-0.2, -0.15) is 0 Å². The molecule has 0 bridgehead atoms. The maximum atomic E-state index is 12.0. The number of carbonyl (C=O) groups is 1. The topological polar surface area (TPSA) is 55.1 Å². The molecule has 1 atom stereocenters. The van der Waals surface area contributed by atoms with E-state index in [0.29, 0.717) is 16.3 Å². The Labute approximate surface area is 107 Å². The van der Waals surface area contributed by atoms with E-state index < -0.39 is 0 Å². The number of carbonyl (C=O) groups excluding carboxylic acids is 1. The summed E-state index contributed by atoms with van der Waals surface area (Å²) in [7, 11) is 0. The van der Waals surface area contributed by atoms with Gasteiger partial charge in [-0.3, -0.25) is 4.79 Å².